The van der Waals surface area contributed by atoms with Crippen LogP contribution in [0, 0.1) is 0 Å². The minimum absolute atomic E-state index is 0.128. The summed E-state index contributed by atoms with van der Waals surface area (Å²) in [6.45, 7) is 2.93. The van der Waals surface area contributed by atoms with E-state index in [2.05, 4.69) is 10.3 Å². The van der Waals surface area contributed by atoms with E-state index in [9.17, 15) is 22.8 Å². The van der Waals surface area contributed by atoms with E-state index in [0.29, 0.717) is 18.2 Å². The fourth-order valence-corrected chi connectivity index (χ4v) is 3.50. The number of aromatic nitrogens is 1. The third-order valence-corrected chi connectivity index (χ3v) is 5.40. The van der Waals surface area contributed by atoms with Crippen molar-refractivity contribution >= 4 is 28.8 Å². The average Bonchev–Trinajstić information content (AvgIpc) is 3.18. The van der Waals surface area contributed by atoms with E-state index in [-0.39, 0.29) is 35.3 Å². The number of carbonyl (C=O) groups excluding carboxylic acids is 2. The number of carbonyl (C=O) groups is 2. The van der Waals surface area contributed by atoms with Gasteiger partial charge in [0.05, 0.1) is 31.0 Å². The van der Waals surface area contributed by atoms with Gasteiger partial charge in [0.25, 0.3) is 11.8 Å². The summed E-state index contributed by atoms with van der Waals surface area (Å²) in [5.74, 6) is -1.18. The van der Waals surface area contributed by atoms with Crippen LogP contribution in [0.25, 0.3) is 0 Å². The lowest BCUT2D eigenvalue weighted by atomic mass is 10.1. The molecule has 1 fully saturated rings. The van der Waals surface area contributed by atoms with E-state index in [1.54, 1.807) is 6.92 Å². The molecule has 0 aliphatic carbocycles. The Kier molecular flexibility index (Phi) is 6.20. The van der Waals surface area contributed by atoms with Crippen LogP contribution < -0.4 is 11.1 Å². The second kappa shape index (κ2) is 8.47. The van der Waals surface area contributed by atoms with Gasteiger partial charge in [0.15, 0.2) is 0 Å². The highest BCUT2D eigenvalue weighted by molar-refractivity contribution is 7.13. The number of ether oxygens (including phenoxy) is 1. The summed E-state index contributed by atoms with van der Waals surface area (Å²) >= 11 is 1.05. The molecule has 0 saturated carbocycles. The van der Waals surface area contributed by atoms with Gasteiger partial charge in [-0.1, -0.05) is 0 Å². The molecule has 11 heteroatoms. The zero-order valence-corrected chi connectivity index (χ0v) is 16.3. The summed E-state index contributed by atoms with van der Waals surface area (Å²) in [7, 11) is 0. The Morgan fingerprint density at radius 3 is 2.55 bits per heavy atom. The van der Waals surface area contributed by atoms with Crippen molar-refractivity contribution in [1.82, 2.24) is 9.88 Å². The molecule has 0 bridgehead atoms. The first kappa shape index (κ1) is 21.2. The third kappa shape index (κ3) is 5.11. The topological polar surface area (TPSA) is 97.5 Å². The van der Waals surface area contributed by atoms with Crippen molar-refractivity contribution in [3.8, 4) is 0 Å². The lowest BCUT2D eigenvalue weighted by molar-refractivity contribution is -0.137. The van der Waals surface area contributed by atoms with Gasteiger partial charge in [0, 0.05) is 24.3 Å². The molecule has 1 unspecified atom stereocenters. The number of halogens is 3. The third-order valence-electron chi connectivity index (χ3n) is 4.20. The molecule has 7 nitrogen and oxygen atoms in total. The van der Waals surface area contributed by atoms with E-state index in [1.165, 1.54) is 17.2 Å². The molecule has 2 amide bonds. The van der Waals surface area contributed by atoms with Crippen LogP contribution in [0.15, 0.2) is 24.4 Å². The van der Waals surface area contributed by atoms with Crippen molar-refractivity contribution in [2.24, 2.45) is 5.73 Å². The van der Waals surface area contributed by atoms with Crippen molar-refractivity contribution in [1.29, 1.82) is 0 Å². The molecule has 1 aliphatic heterocycles. The van der Waals surface area contributed by atoms with Gasteiger partial charge in [-0.2, -0.15) is 13.2 Å². The number of alkyl halides is 3. The number of thiazole rings is 1. The smallest absolute Gasteiger partial charge is 0.378 e. The van der Waals surface area contributed by atoms with Crippen molar-refractivity contribution in [2.45, 2.75) is 19.1 Å². The quantitative estimate of drug-likeness (QED) is 0.781. The maximum atomic E-state index is 13.3. The summed E-state index contributed by atoms with van der Waals surface area (Å²) in [6, 6.07) is 2.45. The molecular formula is C18H19F3N4O3S. The van der Waals surface area contributed by atoms with Gasteiger partial charge in [-0.3, -0.25) is 9.59 Å². The first-order valence-electron chi connectivity index (χ1n) is 8.77. The molecule has 29 heavy (non-hydrogen) atoms. The van der Waals surface area contributed by atoms with Gasteiger partial charge in [0.2, 0.25) is 0 Å². The second-order valence-corrected chi connectivity index (χ2v) is 7.57. The molecule has 1 atom stereocenters. The highest BCUT2D eigenvalue weighted by atomic mass is 32.1. The fourth-order valence-electron chi connectivity index (χ4n) is 2.73. The Morgan fingerprint density at radius 1 is 1.28 bits per heavy atom. The van der Waals surface area contributed by atoms with E-state index >= 15 is 0 Å². The molecule has 1 aromatic carbocycles. The monoisotopic (exact) mass is 428 g/mol. The van der Waals surface area contributed by atoms with Gasteiger partial charge < -0.3 is 20.7 Å². The zero-order chi connectivity index (χ0) is 21.2. The van der Waals surface area contributed by atoms with Crippen LogP contribution in [0.5, 0.6) is 0 Å². The number of benzene rings is 1. The van der Waals surface area contributed by atoms with Crippen LogP contribution >= 0.6 is 11.3 Å². The van der Waals surface area contributed by atoms with Gasteiger partial charge in [0.1, 0.15) is 9.88 Å². The predicted octanol–water partition coefficient (Wildman–Crippen LogP) is 2.91. The highest BCUT2D eigenvalue weighted by Crippen LogP contribution is 2.32. The second-order valence-electron chi connectivity index (χ2n) is 6.51. The predicted molar refractivity (Wildman–Crippen MR) is 101 cm³/mol. The van der Waals surface area contributed by atoms with Gasteiger partial charge >= 0.3 is 6.18 Å². The Hall–Kier alpha value is -2.50. The molecule has 3 rings (SSSR count). The van der Waals surface area contributed by atoms with Crippen LogP contribution in [0.3, 0.4) is 0 Å². The molecule has 156 valence electrons. The van der Waals surface area contributed by atoms with E-state index in [4.69, 9.17) is 10.5 Å². The number of hydrogen-bond donors (Lipinski definition) is 2. The Balaban J connectivity index is 1.88. The van der Waals surface area contributed by atoms with Gasteiger partial charge in [-0.15, -0.1) is 11.3 Å². The molecular weight excluding hydrogens is 409 g/mol. The number of nitrogens with one attached hydrogen (secondary N) is 1. The number of hydrogen-bond acceptors (Lipinski definition) is 6. The number of anilines is 1. The summed E-state index contributed by atoms with van der Waals surface area (Å²) in [5.41, 5.74) is 4.41. The average molecular weight is 428 g/mol. The normalized spacial score (nSPS) is 15.8. The summed E-state index contributed by atoms with van der Waals surface area (Å²) < 4.78 is 45.1. The standard InChI is InChI=1S/C18H19F3N4O3S/c1-10(22)16-23-9-14(29-16)15(26)24-13-7-11(6-12(8-13)18(19,20)21)17(27)25-2-4-28-5-3-25/h6-10H,2-5,22H2,1H3,(H,24,26). The summed E-state index contributed by atoms with van der Waals surface area (Å²) in [5, 5.41) is 2.95. The van der Waals surface area contributed by atoms with Crippen molar-refractivity contribution in [2.75, 3.05) is 31.6 Å². The first-order valence-corrected chi connectivity index (χ1v) is 9.59. The molecule has 0 spiro atoms. The number of rotatable bonds is 4. The molecule has 0 radical (unpaired) electrons. The zero-order valence-electron chi connectivity index (χ0n) is 15.5. The first-order chi connectivity index (χ1) is 13.6. The Labute approximate surface area is 168 Å². The van der Waals surface area contributed by atoms with Crippen molar-refractivity contribution in [3.63, 3.8) is 0 Å². The van der Waals surface area contributed by atoms with E-state index in [0.717, 1.165) is 23.5 Å². The lowest BCUT2D eigenvalue weighted by Gasteiger charge is -2.27. The Morgan fingerprint density at radius 2 is 1.97 bits per heavy atom. The number of morpholine rings is 1. The minimum atomic E-state index is -4.67. The maximum absolute atomic E-state index is 13.3. The summed E-state index contributed by atoms with van der Waals surface area (Å²) in [6.07, 6.45) is -3.36. The Bertz CT molecular complexity index is 908. The van der Waals surface area contributed by atoms with E-state index in [1.807, 2.05) is 0 Å². The van der Waals surface area contributed by atoms with Crippen molar-refractivity contribution < 1.29 is 27.5 Å². The van der Waals surface area contributed by atoms with Crippen LogP contribution in [0.2, 0.25) is 0 Å². The largest absolute Gasteiger partial charge is 0.416 e. The molecule has 2 heterocycles. The van der Waals surface area contributed by atoms with Crippen LogP contribution in [-0.2, 0) is 10.9 Å². The van der Waals surface area contributed by atoms with Crippen molar-refractivity contribution in [3.05, 3.63) is 45.4 Å². The molecule has 1 saturated heterocycles. The van der Waals surface area contributed by atoms with Crippen LogP contribution in [-0.4, -0.2) is 48.0 Å². The molecule has 1 aromatic heterocycles. The molecule has 1 aliphatic rings. The minimum Gasteiger partial charge on any atom is -0.378 e. The van der Waals surface area contributed by atoms with Crippen LogP contribution in [0.4, 0.5) is 18.9 Å². The fraction of sp³-hybridized carbons (Fsp3) is 0.389. The van der Waals surface area contributed by atoms with E-state index < -0.39 is 23.6 Å². The highest BCUT2D eigenvalue weighted by Gasteiger charge is 2.33. The summed E-state index contributed by atoms with van der Waals surface area (Å²) in [4.78, 5) is 30.7. The van der Waals surface area contributed by atoms with Crippen LogP contribution in [0.1, 0.15) is 43.6 Å². The number of amides is 2. The molecule has 2 aromatic rings. The lowest BCUT2D eigenvalue weighted by Crippen LogP contribution is -2.40. The molecule has 3 N–H and O–H groups in total. The van der Waals surface area contributed by atoms with Gasteiger partial charge in [-0.05, 0) is 25.1 Å². The number of nitrogens with zero attached hydrogens (tertiary/aromatic N) is 2. The maximum Gasteiger partial charge on any atom is 0.416 e. The SMILES string of the molecule is CC(N)c1ncc(C(=O)Nc2cc(C(=O)N3CCOCC3)cc(C(F)(F)F)c2)s1. The number of nitrogens with two attached hydrogens (primary N) is 1. The van der Waals surface area contributed by atoms with Gasteiger partial charge in [-0.25, -0.2) is 4.98 Å².